The highest BCUT2D eigenvalue weighted by Gasteiger charge is 2.32. The van der Waals surface area contributed by atoms with Crippen LogP contribution in [0.2, 0.25) is 0 Å². The fourth-order valence-electron chi connectivity index (χ4n) is 4.00. The zero-order chi connectivity index (χ0) is 13.1. The van der Waals surface area contributed by atoms with Gasteiger partial charge in [0.25, 0.3) is 0 Å². The molecule has 1 aliphatic carbocycles. The minimum absolute atomic E-state index is 0.756. The van der Waals surface area contributed by atoms with Crippen LogP contribution in [0.4, 0.5) is 0 Å². The molecule has 0 aromatic heterocycles. The molecule has 110 valence electrons. The molecule has 0 aromatic carbocycles. The molecule has 0 spiro atoms. The first-order chi connectivity index (χ1) is 9.36. The van der Waals surface area contributed by atoms with Gasteiger partial charge in [0.15, 0.2) is 0 Å². The van der Waals surface area contributed by atoms with Gasteiger partial charge in [-0.05, 0) is 77.7 Å². The summed E-state index contributed by atoms with van der Waals surface area (Å²) in [6.45, 7) is 6.67. The summed E-state index contributed by atoms with van der Waals surface area (Å²) in [5, 5.41) is 3.53. The van der Waals surface area contributed by atoms with E-state index in [0.717, 1.165) is 18.0 Å². The number of rotatable bonds is 5. The van der Waals surface area contributed by atoms with E-state index >= 15 is 0 Å². The average molecular weight is 265 g/mol. The van der Waals surface area contributed by atoms with Crippen LogP contribution in [0.1, 0.15) is 44.9 Å². The van der Waals surface area contributed by atoms with Gasteiger partial charge < -0.3 is 15.1 Å². The van der Waals surface area contributed by atoms with E-state index in [4.69, 9.17) is 0 Å². The second-order valence-electron chi connectivity index (χ2n) is 6.86. The summed E-state index contributed by atoms with van der Waals surface area (Å²) in [5.74, 6) is 0.977. The maximum Gasteiger partial charge on any atom is 0.0220 e. The first-order valence-electron chi connectivity index (χ1n) is 8.50. The highest BCUT2D eigenvalue weighted by Crippen LogP contribution is 2.33. The van der Waals surface area contributed by atoms with E-state index in [1.165, 1.54) is 77.7 Å². The first kappa shape index (κ1) is 13.8. The van der Waals surface area contributed by atoms with Crippen molar-refractivity contribution < 1.29 is 0 Å². The van der Waals surface area contributed by atoms with Crippen LogP contribution in [-0.2, 0) is 0 Å². The van der Waals surface area contributed by atoms with Crippen LogP contribution in [0.25, 0.3) is 0 Å². The van der Waals surface area contributed by atoms with Gasteiger partial charge in [-0.1, -0.05) is 6.42 Å². The minimum atomic E-state index is 0.756. The lowest BCUT2D eigenvalue weighted by Gasteiger charge is -2.41. The Morgan fingerprint density at radius 2 is 1.63 bits per heavy atom. The van der Waals surface area contributed by atoms with E-state index in [9.17, 15) is 0 Å². The summed E-state index contributed by atoms with van der Waals surface area (Å²) >= 11 is 0. The Labute approximate surface area is 118 Å². The van der Waals surface area contributed by atoms with Crippen LogP contribution in [0.3, 0.4) is 0 Å². The van der Waals surface area contributed by atoms with Gasteiger partial charge >= 0.3 is 0 Å². The van der Waals surface area contributed by atoms with Gasteiger partial charge in [0.2, 0.25) is 0 Å². The Kier molecular flexibility index (Phi) is 4.78. The van der Waals surface area contributed by atoms with Crippen molar-refractivity contribution in [3.63, 3.8) is 0 Å². The molecule has 3 heteroatoms. The smallest absolute Gasteiger partial charge is 0.0220 e. The summed E-state index contributed by atoms with van der Waals surface area (Å²) < 4.78 is 0. The molecule has 0 amide bonds. The Morgan fingerprint density at radius 3 is 2.21 bits per heavy atom. The lowest BCUT2D eigenvalue weighted by Crippen LogP contribution is -2.49. The van der Waals surface area contributed by atoms with Crippen molar-refractivity contribution in [2.45, 2.75) is 57.0 Å². The molecule has 2 saturated heterocycles. The third-order valence-corrected chi connectivity index (χ3v) is 5.48. The normalized spacial score (nSPS) is 29.5. The number of hydrogen-bond donors (Lipinski definition) is 1. The molecule has 2 aliphatic heterocycles. The summed E-state index contributed by atoms with van der Waals surface area (Å²) in [6.07, 6.45) is 10.0. The van der Waals surface area contributed by atoms with Gasteiger partial charge in [-0.25, -0.2) is 0 Å². The van der Waals surface area contributed by atoms with Gasteiger partial charge in [0.05, 0.1) is 0 Å². The molecular formula is C16H31N3. The van der Waals surface area contributed by atoms with Crippen LogP contribution in [0.5, 0.6) is 0 Å². The molecule has 3 aliphatic rings. The molecule has 0 radical (unpaired) electrons. The standard InChI is InChI=1S/C16H31N3/c1-17-16(14-5-6-14)13-18-11-7-15(8-12-18)19-9-3-2-4-10-19/h14-17H,2-13H2,1H3. The first-order valence-corrected chi connectivity index (χ1v) is 8.50. The Morgan fingerprint density at radius 1 is 0.947 bits per heavy atom. The van der Waals surface area contributed by atoms with Crippen LogP contribution < -0.4 is 5.32 Å². The Bertz CT molecular complexity index is 263. The molecule has 1 N–H and O–H groups in total. The van der Waals surface area contributed by atoms with Crippen molar-refractivity contribution in [2.75, 3.05) is 39.8 Å². The average Bonchev–Trinajstić information content (AvgIpc) is 3.31. The van der Waals surface area contributed by atoms with Gasteiger partial charge in [-0.3, -0.25) is 0 Å². The lowest BCUT2D eigenvalue weighted by molar-refractivity contribution is 0.0872. The quantitative estimate of drug-likeness (QED) is 0.819. The van der Waals surface area contributed by atoms with E-state index < -0.39 is 0 Å². The minimum Gasteiger partial charge on any atom is -0.315 e. The number of piperidine rings is 2. The molecule has 1 saturated carbocycles. The number of nitrogens with zero attached hydrogens (tertiary/aromatic N) is 2. The van der Waals surface area contributed by atoms with Crippen LogP contribution in [0.15, 0.2) is 0 Å². The maximum absolute atomic E-state index is 3.53. The second kappa shape index (κ2) is 6.55. The number of hydrogen-bond acceptors (Lipinski definition) is 3. The summed E-state index contributed by atoms with van der Waals surface area (Å²) in [6, 6.07) is 1.65. The van der Waals surface area contributed by atoms with E-state index in [1.54, 1.807) is 0 Å². The molecule has 19 heavy (non-hydrogen) atoms. The van der Waals surface area contributed by atoms with E-state index in [-0.39, 0.29) is 0 Å². The topological polar surface area (TPSA) is 18.5 Å². The zero-order valence-electron chi connectivity index (χ0n) is 12.6. The van der Waals surface area contributed by atoms with Crippen LogP contribution in [0, 0.1) is 5.92 Å². The zero-order valence-corrected chi connectivity index (χ0v) is 12.6. The largest absolute Gasteiger partial charge is 0.315 e. The van der Waals surface area contributed by atoms with Gasteiger partial charge in [0.1, 0.15) is 0 Å². The van der Waals surface area contributed by atoms with Gasteiger partial charge in [-0.2, -0.15) is 0 Å². The molecule has 0 aromatic rings. The SMILES string of the molecule is CNC(CN1CCC(N2CCCCC2)CC1)C1CC1. The molecule has 0 bridgehead atoms. The second-order valence-corrected chi connectivity index (χ2v) is 6.86. The summed E-state index contributed by atoms with van der Waals surface area (Å²) in [7, 11) is 2.14. The van der Waals surface area contributed by atoms with Gasteiger partial charge in [0, 0.05) is 18.6 Å². The van der Waals surface area contributed by atoms with Crippen molar-refractivity contribution in [1.82, 2.24) is 15.1 Å². The Hall–Kier alpha value is -0.120. The highest BCUT2D eigenvalue weighted by atomic mass is 15.2. The predicted octanol–water partition coefficient (Wildman–Crippen LogP) is 1.93. The highest BCUT2D eigenvalue weighted by molar-refractivity contribution is 4.89. The lowest BCUT2D eigenvalue weighted by atomic mass is 9.99. The number of nitrogens with one attached hydrogen (secondary N) is 1. The van der Waals surface area contributed by atoms with Crippen molar-refractivity contribution >= 4 is 0 Å². The fourth-order valence-corrected chi connectivity index (χ4v) is 4.00. The molecule has 3 nitrogen and oxygen atoms in total. The van der Waals surface area contributed by atoms with E-state index in [2.05, 4.69) is 22.2 Å². The number of likely N-dealkylation sites (tertiary alicyclic amines) is 2. The van der Waals surface area contributed by atoms with Crippen LogP contribution in [-0.4, -0.2) is 61.7 Å². The summed E-state index contributed by atoms with van der Waals surface area (Å²) in [4.78, 5) is 5.48. The molecule has 3 fully saturated rings. The maximum atomic E-state index is 3.53. The van der Waals surface area contributed by atoms with Crippen molar-refractivity contribution in [3.05, 3.63) is 0 Å². The fraction of sp³-hybridized carbons (Fsp3) is 1.00. The summed E-state index contributed by atoms with van der Waals surface area (Å²) in [5.41, 5.74) is 0. The molecule has 1 unspecified atom stereocenters. The van der Waals surface area contributed by atoms with Crippen molar-refractivity contribution in [2.24, 2.45) is 5.92 Å². The van der Waals surface area contributed by atoms with Crippen molar-refractivity contribution in [1.29, 1.82) is 0 Å². The predicted molar refractivity (Wildman–Crippen MR) is 80.5 cm³/mol. The molecular weight excluding hydrogens is 234 g/mol. The van der Waals surface area contributed by atoms with Crippen molar-refractivity contribution in [3.8, 4) is 0 Å². The Balaban J connectivity index is 1.41. The van der Waals surface area contributed by atoms with E-state index in [0.29, 0.717) is 0 Å². The van der Waals surface area contributed by atoms with Gasteiger partial charge in [-0.15, -0.1) is 0 Å². The monoisotopic (exact) mass is 265 g/mol. The molecule has 1 atom stereocenters. The number of likely N-dealkylation sites (N-methyl/N-ethyl adjacent to an activating group) is 1. The third-order valence-electron chi connectivity index (χ3n) is 5.48. The third kappa shape index (κ3) is 3.71. The molecule has 3 rings (SSSR count). The molecule has 2 heterocycles. The van der Waals surface area contributed by atoms with Crippen LogP contribution >= 0.6 is 0 Å². The van der Waals surface area contributed by atoms with E-state index in [1.807, 2.05) is 0 Å².